The van der Waals surface area contributed by atoms with Crippen molar-refractivity contribution in [1.29, 1.82) is 0 Å². The van der Waals surface area contributed by atoms with E-state index >= 15 is 0 Å². The topological polar surface area (TPSA) is 75.0 Å². The van der Waals surface area contributed by atoms with Crippen LogP contribution in [0.1, 0.15) is 12.5 Å². The SMILES string of the molecule is CC1(c2ccccc2S(=O)(=O)N(CC2CO2)CC2CO2)CO1. The molecule has 0 amide bonds. The highest BCUT2D eigenvalue weighted by Crippen LogP contribution is 2.41. The molecule has 0 aliphatic carbocycles. The molecule has 120 valence electrons. The highest BCUT2D eigenvalue weighted by atomic mass is 32.2. The molecule has 3 saturated heterocycles. The summed E-state index contributed by atoms with van der Waals surface area (Å²) in [6.45, 7) is 4.49. The molecule has 3 fully saturated rings. The predicted octanol–water partition coefficient (Wildman–Crippen LogP) is 0.720. The number of sulfonamides is 1. The molecule has 0 spiro atoms. The number of ether oxygens (including phenoxy) is 3. The van der Waals surface area contributed by atoms with Gasteiger partial charge in [0.25, 0.3) is 0 Å². The highest BCUT2D eigenvalue weighted by molar-refractivity contribution is 7.89. The van der Waals surface area contributed by atoms with Gasteiger partial charge in [0.1, 0.15) is 5.60 Å². The number of rotatable bonds is 7. The van der Waals surface area contributed by atoms with Crippen LogP contribution in [-0.4, -0.2) is 57.8 Å². The predicted molar refractivity (Wildman–Crippen MR) is 78.0 cm³/mol. The van der Waals surface area contributed by atoms with E-state index in [9.17, 15) is 8.42 Å². The number of nitrogens with zero attached hydrogens (tertiary/aromatic N) is 1. The Morgan fingerprint density at radius 1 is 1.18 bits per heavy atom. The molecular weight excluding hydrogens is 306 g/mol. The van der Waals surface area contributed by atoms with Gasteiger partial charge in [-0.1, -0.05) is 18.2 Å². The minimum absolute atomic E-state index is 0.00782. The van der Waals surface area contributed by atoms with Gasteiger partial charge in [0.2, 0.25) is 10.0 Å². The van der Waals surface area contributed by atoms with Crippen molar-refractivity contribution in [3.05, 3.63) is 29.8 Å². The van der Waals surface area contributed by atoms with E-state index in [1.165, 1.54) is 4.31 Å². The summed E-state index contributed by atoms with van der Waals surface area (Å²) in [5.41, 5.74) is 0.245. The van der Waals surface area contributed by atoms with Gasteiger partial charge in [-0.3, -0.25) is 0 Å². The fourth-order valence-corrected chi connectivity index (χ4v) is 4.42. The molecule has 3 unspecified atom stereocenters. The van der Waals surface area contributed by atoms with Gasteiger partial charge in [-0.05, 0) is 13.0 Å². The fourth-order valence-electron chi connectivity index (χ4n) is 2.60. The number of epoxide rings is 3. The largest absolute Gasteiger partial charge is 0.372 e. The lowest BCUT2D eigenvalue weighted by Crippen LogP contribution is -2.38. The molecule has 3 heterocycles. The van der Waals surface area contributed by atoms with Gasteiger partial charge in [-0.2, -0.15) is 4.31 Å². The summed E-state index contributed by atoms with van der Waals surface area (Å²) in [6.07, 6.45) is 0.0156. The second-order valence-corrected chi connectivity index (χ2v) is 8.15. The van der Waals surface area contributed by atoms with Crippen LogP contribution >= 0.6 is 0 Å². The van der Waals surface area contributed by atoms with E-state index in [1.54, 1.807) is 12.1 Å². The molecular formula is C15H19NO5S. The maximum Gasteiger partial charge on any atom is 0.243 e. The Hall–Kier alpha value is -0.990. The molecule has 22 heavy (non-hydrogen) atoms. The smallest absolute Gasteiger partial charge is 0.243 e. The van der Waals surface area contributed by atoms with Crippen molar-refractivity contribution in [1.82, 2.24) is 4.31 Å². The van der Waals surface area contributed by atoms with Crippen LogP contribution in [0, 0.1) is 0 Å². The lowest BCUT2D eigenvalue weighted by atomic mass is 10.0. The third-order valence-corrected chi connectivity index (χ3v) is 6.16. The normalized spacial score (nSPS) is 33.0. The summed E-state index contributed by atoms with van der Waals surface area (Å²) in [7, 11) is -3.59. The van der Waals surface area contributed by atoms with Crippen LogP contribution in [-0.2, 0) is 29.8 Å². The monoisotopic (exact) mass is 325 g/mol. The Bertz CT molecular complexity index is 663. The average Bonchev–Trinajstić information content (AvgIpc) is 3.31. The summed E-state index contributed by atoms with van der Waals surface area (Å²) >= 11 is 0. The number of hydrogen-bond acceptors (Lipinski definition) is 5. The van der Waals surface area contributed by atoms with E-state index < -0.39 is 15.6 Å². The molecule has 1 aromatic rings. The summed E-state index contributed by atoms with van der Waals surface area (Å²) in [4.78, 5) is 0.330. The van der Waals surface area contributed by atoms with Gasteiger partial charge in [0.05, 0.1) is 36.9 Å². The zero-order valence-corrected chi connectivity index (χ0v) is 13.2. The van der Waals surface area contributed by atoms with Gasteiger partial charge in [0.15, 0.2) is 0 Å². The first-order valence-corrected chi connectivity index (χ1v) is 8.90. The summed E-state index contributed by atoms with van der Waals surface area (Å²) in [5, 5.41) is 0. The average molecular weight is 325 g/mol. The van der Waals surface area contributed by atoms with E-state index in [-0.39, 0.29) is 12.2 Å². The number of hydrogen-bond donors (Lipinski definition) is 0. The molecule has 3 aliphatic rings. The van der Waals surface area contributed by atoms with Gasteiger partial charge < -0.3 is 14.2 Å². The van der Waals surface area contributed by atoms with Gasteiger partial charge in [-0.15, -0.1) is 0 Å². The molecule has 1 aromatic carbocycles. The van der Waals surface area contributed by atoms with Crippen molar-refractivity contribution in [2.24, 2.45) is 0 Å². The lowest BCUT2D eigenvalue weighted by molar-refractivity contribution is 0.301. The maximum absolute atomic E-state index is 13.1. The summed E-state index contributed by atoms with van der Waals surface area (Å²) in [5.74, 6) is 0. The standard InChI is InChI=1S/C15H19NO5S/c1-15(10-21-15)13-4-2-3-5-14(13)22(17,18)16(6-11-8-19-11)7-12-9-20-12/h2-5,11-12H,6-10H2,1H3. The maximum atomic E-state index is 13.1. The minimum Gasteiger partial charge on any atom is -0.372 e. The first-order chi connectivity index (χ1) is 10.5. The third kappa shape index (κ3) is 2.79. The Kier molecular flexibility index (Phi) is 3.32. The van der Waals surface area contributed by atoms with Gasteiger partial charge in [-0.25, -0.2) is 8.42 Å². The van der Waals surface area contributed by atoms with Crippen molar-refractivity contribution in [3.8, 4) is 0 Å². The zero-order valence-electron chi connectivity index (χ0n) is 12.4. The van der Waals surface area contributed by atoms with Crippen LogP contribution in [0.25, 0.3) is 0 Å². The van der Waals surface area contributed by atoms with Gasteiger partial charge >= 0.3 is 0 Å². The lowest BCUT2D eigenvalue weighted by Gasteiger charge is -2.23. The van der Waals surface area contributed by atoms with Crippen molar-refractivity contribution in [2.45, 2.75) is 29.6 Å². The molecule has 6 nitrogen and oxygen atoms in total. The minimum atomic E-state index is -3.59. The Balaban J connectivity index is 1.68. The van der Waals surface area contributed by atoms with E-state index in [0.29, 0.717) is 37.8 Å². The van der Waals surface area contributed by atoms with Crippen molar-refractivity contribution < 1.29 is 22.6 Å². The van der Waals surface area contributed by atoms with E-state index in [1.807, 2.05) is 19.1 Å². The molecule has 0 N–H and O–H groups in total. The van der Waals surface area contributed by atoms with Crippen LogP contribution in [0.2, 0.25) is 0 Å². The molecule has 0 saturated carbocycles. The van der Waals surface area contributed by atoms with E-state index in [4.69, 9.17) is 14.2 Å². The molecule has 4 rings (SSSR count). The highest BCUT2D eigenvalue weighted by Gasteiger charge is 2.46. The van der Waals surface area contributed by atoms with E-state index in [2.05, 4.69) is 0 Å². The van der Waals surface area contributed by atoms with Crippen LogP contribution in [0.15, 0.2) is 29.2 Å². The van der Waals surface area contributed by atoms with Crippen LogP contribution in [0.5, 0.6) is 0 Å². The Morgan fingerprint density at radius 2 is 1.73 bits per heavy atom. The molecule has 7 heteroatoms. The second-order valence-electron chi connectivity index (χ2n) is 6.25. The number of benzene rings is 1. The quantitative estimate of drug-likeness (QED) is 0.691. The Morgan fingerprint density at radius 3 is 2.23 bits per heavy atom. The second kappa shape index (κ2) is 5.01. The van der Waals surface area contributed by atoms with Crippen molar-refractivity contribution in [3.63, 3.8) is 0 Å². The van der Waals surface area contributed by atoms with Crippen molar-refractivity contribution >= 4 is 10.0 Å². The Labute approximate surface area is 130 Å². The van der Waals surface area contributed by atoms with Crippen LogP contribution in [0.4, 0.5) is 0 Å². The molecule has 3 aliphatic heterocycles. The fraction of sp³-hybridized carbons (Fsp3) is 0.600. The van der Waals surface area contributed by atoms with Gasteiger partial charge in [0, 0.05) is 18.7 Å². The van der Waals surface area contributed by atoms with Crippen LogP contribution < -0.4 is 0 Å². The summed E-state index contributed by atoms with van der Waals surface area (Å²) < 4.78 is 43.6. The molecule has 0 aromatic heterocycles. The molecule has 0 bridgehead atoms. The first kappa shape index (κ1) is 14.6. The van der Waals surface area contributed by atoms with Crippen LogP contribution in [0.3, 0.4) is 0 Å². The van der Waals surface area contributed by atoms with Crippen molar-refractivity contribution in [2.75, 3.05) is 32.9 Å². The van der Waals surface area contributed by atoms with E-state index in [0.717, 1.165) is 5.56 Å². The molecule has 3 atom stereocenters. The zero-order chi connectivity index (χ0) is 15.4. The first-order valence-electron chi connectivity index (χ1n) is 7.46. The molecule has 0 radical (unpaired) electrons. The summed E-state index contributed by atoms with van der Waals surface area (Å²) in [6, 6.07) is 7.09. The third-order valence-electron chi connectivity index (χ3n) is 4.27.